The second-order valence-electron chi connectivity index (χ2n) is 7.74. The van der Waals surface area contributed by atoms with Gasteiger partial charge in [-0.2, -0.15) is 0 Å². The van der Waals surface area contributed by atoms with Gasteiger partial charge in [0.15, 0.2) is 0 Å². The minimum atomic E-state index is -0.369. The van der Waals surface area contributed by atoms with Crippen molar-refractivity contribution in [1.82, 2.24) is 15.2 Å². The lowest BCUT2D eigenvalue weighted by Crippen LogP contribution is -2.46. The van der Waals surface area contributed by atoms with Crippen LogP contribution >= 0.6 is 11.3 Å². The number of rotatable bonds is 6. The van der Waals surface area contributed by atoms with Crippen LogP contribution in [0.3, 0.4) is 0 Å². The van der Waals surface area contributed by atoms with E-state index >= 15 is 0 Å². The van der Waals surface area contributed by atoms with Crippen LogP contribution in [0.4, 0.5) is 5.69 Å². The average molecular weight is 401 g/mol. The molecule has 2 amide bonds. The van der Waals surface area contributed by atoms with E-state index in [0.717, 1.165) is 34.5 Å². The first kappa shape index (κ1) is 20.3. The van der Waals surface area contributed by atoms with Gasteiger partial charge >= 0.3 is 0 Å². The van der Waals surface area contributed by atoms with Gasteiger partial charge in [0, 0.05) is 25.2 Å². The highest BCUT2D eigenvalue weighted by Crippen LogP contribution is 2.29. The summed E-state index contributed by atoms with van der Waals surface area (Å²) in [5.74, 6) is 0.255. The van der Waals surface area contributed by atoms with Crippen molar-refractivity contribution in [3.05, 3.63) is 35.0 Å². The van der Waals surface area contributed by atoms with Crippen molar-refractivity contribution in [2.24, 2.45) is 5.92 Å². The summed E-state index contributed by atoms with van der Waals surface area (Å²) in [4.78, 5) is 32.2. The molecule has 1 saturated heterocycles. The van der Waals surface area contributed by atoms with Crippen LogP contribution in [-0.4, -0.2) is 34.3 Å². The molecule has 1 atom stereocenters. The lowest BCUT2D eigenvalue weighted by molar-refractivity contribution is -0.139. The first-order valence-electron chi connectivity index (χ1n) is 9.73. The number of nitrogen functional groups attached to an aromatic ring is 1. The second-order valence-corrected chi connectivity index (χ2v) is 8.60. The zero-order valence-electron chi connectivity index (χ0n) is 16.7. The maximum atomic E-state index is 12.7. The van der Waals surface area contributed by atoms with Crippen molar-refractivity contribution in [2.75, 3.05) is 12.3 Å². The Morgan fingerprint density at radius 2 is 2.18 bits per heavy atom. The number of carbonyl (C=O) groups excluding carboxylic acids is 2. The molecule has 1 aromatic heterocycles. The number of aromatic nitrogens is 1. The lowest BCUT2D eigenvalue weighted by Gasteiger charge is -2.25. The van der Waals surface area contributed by atoms with Crippen LogP contribution in [0.5, 0.6) is 0 Å². The standard InChI is InChI=1S/C21H28N4O2S/c1-13(2)9-19(26)25-8-4-5-18(25)21(27)23-11-16-7-6-15(10-17(16)22)20-14(3)24-12-28-20/h6-7,10,12-13,18H,4-5,8-9,11,22H2,1-3H3,(H,23,27). The maximum Gasteiger partial charge on any atom is 0.243 e. The summed E-state index contributed by atoms with van der Waals surface area (Å²) in [5.41, 5.74) is 11.6. The molecule has 3 N–H and O–H groups in total. The molecule has 0 spiro atoms. The predicted molar refractivity (Wildman–Crippen MR) is 113 cm³/mol. The lowest BCUT2D eigenvalue weighted by atomic mass is 10.1. The third kappa shape index (κ3) is 4.52. The van der Waals surface area contributed by atoms with Crippen LogP contribution in [0.25, 0.3) is 10.4 Å². The third-order valence-electron chi connectivity index (χ3n) is 5.07. The molecule has 0 radical (unpaired) electrons. The van der Waals surface area contributed by atoms with Gasteiger partial charge in [-0.3, -0.25) is 9.59 Å². The Hall–Kier alpha value is -2.41. The molecule has 3 rings (SSSR count). The van der Waals surface area contributed by atoms with Crippen molar-refractivity contribution in [3.63, 3.8) is 0 Å². The maximum absolute atomic E-state index is 12.7. The van der Waals surface area contributed by atoms with Crippen LogP contribution < -0.4 is 11.1 Å². The SMILES string of the molecule is Cc1ncsc1-c1ccc(CNC(=O)C2CCCN2C(=O)CC(C)C)c(N)c1. The number of nitrogens with zero attached hydrogens (tertiary/aromatic N) is 2. The summed E-state index contributed by atoms with van der Waals surface area (Å²) >= 11 is 1.59. The summed E-state index contributed by atoms with van der Waals surface area (Å²) in [6.07, 6.45) is 2.07. The predicted octanol–water partition coefficient (Wildman–Crippen LogP) is 3.35. The van der Waals surface area contributed by atoms with Crippen molar-refractivity contribution in [3.8, 4) is 10.4 Å². The molecule has 1 aliphatic heterocycles. The fourth-order valence-corrected chi connectivity index (χ4v) is 4.38. The molecule has 1 aromatic carbocycles. The van der Waals surface area contributed by atoms with Gasteiger partial charge in [0.1, 0.15) is 6.04 Å². The van der Waals surface area contributed by atoms with E-state index in [9.17, 15) is 9.59 Å². The van der Waals surface area contributed by atoms with Crippen molar-refractivity contribution in [1.29, 1.82) is 0 Å². The fourth-order valence-electron chi connectivity index (χ4n) is 3.58. The Bertz CT molecular complexity index is 862. The van der Waals surface area contributed by atoms with Gasteiger partial charge in [-0.25, -0.2) is 4.98 Å². The average Bonchev–Trinajstić information content (AvgIpc) is 3.28. The summed E-state index contributed by atoms with van der Waals surface area (Å²) in [6, 6.07) is 5.51. The topological polar surface area (TPSA) is 88.3 Å². The summed E-state index contributed by atoms with van der Waals surface area (Å²) in [6.45, 7) is 7.03. The molecule has 1 unspecified atom stereocenters. The molecule has 0 saturated carbocycles. The first-order valence-corrected chi connectivity index (χ1v) is 10.6. The third-order valence-corrected chi connectivity index (χ3v) is 6.04. The van der Waals surface area contributed by atoms with E-state index in [0.29, 0.717) is 25.2 Å². The van der Waals surface area contributed by atoms with Crippen LogP contribution in [-0.2, 0) is 16.1 Å². The van der Waals surface area contributed by atoms with E-state index in [4.69, 9.17) is 5.73 Å². The number of likely N-dealkylation sites (tertiary alicyclic amines) is 1. The van der Waals surface area contributed by atoms with E-state index in [2.05, 4.69) is 10.3 Å². The van der Waals surface area contributed by atoms with Crippen LogP contribution in [0.1, 0.15) is 44.4 Å². The minimum absolute atomic E-state index is 0.0662. The Balaban J connectivity index is 1.63. The van der Waals surface area contributed by atoms with E-state index in [1.807, 2.05) is 44.5 Å². The van der Waals surface area contributed by atoms with Gasteiger partial charge < -0.3 is 16.0 Å². The highest BCUT2D eigenvalue weighted by molar-refractivity contribution is 7.13. The zero-order chi connectivity index (χ0) is 20.3. The Morgan fingerprint density at radius 1 is 1.39 bits per heavy atom. The number of benzene rings is 1. The Morgan fingerprint density at radius 3 is 2.82 bits per heavy atom. The largest absolute Gasteiger partial charge is 0.398 e. The minimum Gasteiger partial charge on any atom is -0.398 e. The molecule has 2 heterocycles. The quantitative estimate of drug-likeness (QED) is 0.728. The number of amides is 2. The molecule has 6 nitrogen and oxygen atoms in total. The summed E-state index contributed by atoms with van der Waals surface area (Å²) < 4.78 is 0. The van der Waals surface area contributed by atoms with E-state index < -0.39 is 0 Å². The monoisotopic (exact) mass is 400 g/mol. The molecule has 7 heteroatoms. The van der Waals surface area contributed by atoms with Crippen molar-refractivity contribution in [2.45, 2.75) is 52.6 Å². The van der Waals surface area contributed by atoms with Gasteiger partial charge in [-0.1, -0.05) is 26.0 Å². The highest BCUT2D eigenvalue weighted by Gasteiger charge is 2.33. The smallest absolute Gasteiger partial charge is 0.243 e. The number of thiazole rings is 1. The Labute approximate surface area is 170 Å². The van der Waals surface area contributed by atoms with Crippen LogP contribution in [0.15, 0.2) is 23.7 Å². The van der Waals surface area contributed by atoms with Gasteiger partial charge in [0.2, 0.25) is 11.8 Å². The number of nitrogens with two attached hydrogens (primary N) is 1. The van der Waals surface area contributed by atoms with Crippen LogP contribution in [0, 0.1) is 12.8 Å². The molecule has 28 heavy (non-hydrogen) atoms. The number of nitrogens with one attached hydrogen (secondary N) is 1. The molecule has 1 fully saturated rings. The number of hydrogen-bond acceptors (Lipinski definition) is 5. The Kier molecular flexibility index (Phi) is 6.34. The first-order chi connectivity index (χ1) is 13.4. The summed E-state index contributed by atoms with van der Waals surface area (Å²) in [5, 5.41) is 2.96. The normalized spacial score (nSPS) is 16.6. The van der Waals surface area contributed by atoms with Gasteiger partial charge in [0.05, 0.1) is 16.1 Å². The summed E-state index contributed by atoms with van der Waals surface area (Å²) in [7, 11) is 0. The van der Waals surface area contributed by atoms with Gasteiger partial charge in [0.25, 0.3) is 0 Å². The molecular formula is C21H28N4O2S. The molecule has 0 aliphatic carbocycles. The number of hydrogen-bond donors (Lipinski definition) is 2. The molecule has 150 valence electrons. The van der Waals surface area contributed by atoms with Gasteiger partial charge in [-0.15, -0.1) is 11.3 Å². The van der Waals surface area contributed by atoms with E-state index in [1.165, 1.54) is 0 Å². The molecule has 2 aromatic rings. The highest BCUT2D eigenvalue weighted by atomic mass is 32.1. The van der Waals surface area contributed by atoms with E-state index in [1.54, 1.807) is 16.2 Å². The fraction of sp³-hybridized carbons (Fsp3) is 0.476. The zero-order valence-corrected chi connectivity index (χ0v) is 17.5. The molecular weight excluding hydrogens is 372 g/mol. The van der Waals surface area contributed by atoms with Crippen molar-refractivity contribution >= 4 is 28.8 Å². The number of aryl methyl sites for hydroxylation is 1. The number of anilines is 1. The molecule has 0 bridgehead atoms. The van der Waals surface area contributed by atoms with Crippen LogP contribution in [0.2, 0.25) is 0 Å². The van der Waals surface area contributed by atoms with Gasteiger partial charge in [-0.05, 0) is 42.9 Å². The van der Waals surface area contributed by atoms with E-state index in [-0.39, 0.29) is 23.8 Å². The van der Waals surface area contributed by atoms with Crippen molar-refractivity contribution < 1.29 is 9.59 Å². The molecule has 1 aliphatic rings. The second kappa shape index (κ2) is 8.73. The number of carbonyl (C=O) groups is 2.